The molecule has 1 N–H and O–H groups in total. The number of nitrogens with zero attached hydrogens (tertiary/aromatic N) is 3. The molecule has 0 unspecified atom stereocenters. The van der Waals surface area contributed by atoms with Gasteiger partial charge in [0.1, 0.15) is 0 Å². The maximum Gasteiger partial charge on any atom is 0.180 e. The van der Waals surface area contributed by atoms with Crippen LogP contribution in [-0.4, -0.2) is 28.1 Å². The SMILES string of the molecule is CCOc1ccc(Nc2nc(-c3cccc(Cl)c3)cn3ccnc23)cc1OC. The van der Waals surface area contributed by atoms with Crippen LogP contribution in [0.2, 0.25) is 5.02 Å². The molecule has 6 nitrogen and oxygen atoms in total. The number of fused-ring (bicyclic) bond motifs is 1. The summed E-state index contributed by atoms with van der Waals surface area (Å²) in [5.41, 5.74) is 3.25. The Bertz CT molecular complexity index is 1130. The van der Waals surface area contributed by atoms with Gasteiger partial charge in [0.05, 0.1) is 19.4 Å². The largest absolute Gasteiger partial charge is 0.493 e. The number of halogens is 1. The lowest BCUT2D eigenvalue weighted by Crippen LogP contribution is -2.01. The zero-order chi connectivity index (χ0) is 19.5. The summed E-state index contributed by atoms with van der Waals surface area (Å²) in [4.78, 5) is 9.18. The van der Waals surface area contributed by atoms with E-state index in [1.807, 2.05) is 66.2 Å². The van der Waals surface area contributed by atoms with Crippen molar-refractivity contribution in [2.75, 3.05) is 19.0 Å². The first-order valence-corrected chi connectivity index (χ1v) is 9.23. The van der Waals surface area contributed by atoms with Gasteiger partial charge in [-0.25, -0.2) is 9.97 Å². The predicted octanol–water partition coefficient (Wildman–Crippen LogP) is 5.20. The molecule has 4 rings (SSSR count). The Hall–Kier alpha value is -3.25. The van der Waals surface area contributed by atoms with Crippen molar-refractivity contribution in [2.45, 2.75) is 6.92 Å². The van der Waals surface area contributed by atoms with Crippen molar-refractivity contribution in [3.8, 4) is 22.8 Å². The van der Waals surface area contributed by atoms with Crippen molar-refractivity contribution in [1.82, 2.24) is 14.4 Å². The number of hydrogen-bond donors (Lipinski definition) is 1. The Labute approximate surface area is 167 Å². The van der Waals surface area contributed by atoms with Gasteiger partial charge in [-0.15, -0.1) is 0 Å². The van der Waals surface area contributed by atoms with E-state index in [0.717, 1.165) is 22.6 Å². The number of rotatable bonds is 6. The lowest BCUT2D eigenvalue weighted by atomic mass is 10.1. The van der Waals surface area contributed by atoms with Gasteiger partial charge in [-0.1, -0.05) is 23.7 Å². The lowest BCUT2D eigenvalue weighted by Gasteiger charge is -2.13. The third-order valence-electron chi connectivity index (χ3n) is 4.22. The van der Waals surface area contributed by atoms with Crippen molar-refractivity contribution in [3.05, 3.63) is 66.1 Å². The molecule has 4 aromatic rings. The third-order valence-corrected chi connectivity index (χ3v) is 4.46. The van der Waals surface area contributed by atoms with Crippen LogP contribution >= 0.6 is 11.6 Å². The zero-order valence-electron chi connectivity index (χ0n) is 15.5. The summed E-state index contributed by atoms with van der Waals surface area (Å²) in [6.45, 7) is 2.51. The molecule has 0 fully saturated rings. The Balaban J connectivity index is 1.75. The smallest absolute Gasteiger partial charge is 0.180 e. The van der Waals surface area contributed by atoms with Gasteiger partial charge in [-0.05, 0) is 31.2 Å². The van der Waals surface area contributed by atoms with Crippen LogP contribution in [-0.2, 0) is 0 Å². The minimum absolute atomic E-state index is 0.571. The first kappa shape index (κ1) is 18.1. The summed E-state index contributed by atoms with van der Waals surface area (Å²) in [7, 11) is 1.62. The van der Waals surface area contributed by atoms with Crippen LogP contribution in [0.3, 0.4) is 0 Å². The summed E-state index contributed by atoms with van der Waals surface area (Å²) in [6, 6.07) is 13.3. The van der Waals surface area contributed by atoms with Crippen molar-refractivity contribution < 1.29 is 9.47 Å². The molecule has 142 valence electrons. The molecule has 0 aliphatic rings. The van der Waals surface area contributed by atoms with Crippen LogP contribution < -0.4 is 14.8 Å². The van der Waals surface area contributed by atoms with E-state index < -0.39 is 0 Å². The highest BCUT2D eigenvalue weighted by Gasteiger charge is 2.12. The molecule has 2 aromatic carbocycles. The Morgan fingerprint density at radius 3 is 2.82 bits per heavy atom. The van der Waals surface area contributed by atoms with E-state index in [-0.39, 0.29) is 0 Å². The lowest BCUT2D eigenvalue weighted by molar-refractivity contribution is 0.311. The minimum Gasteiger partial charge on any atom is -0.493 e. The summed E-state index contributed by atoms with van der Waals surface area (Å²) in [6.07, 6.45) is 5.55. The molecule has 0 aliphatic carbocycles. The highest BCUT2D eigenvalue weighted by Crippen LogP contribution is 2.32. The first-order chi connectivity index (χ1) is 13.7. The van der Waals surface area contributed by atoms with Gasteiger partial charge >= 0.3 is 0 Å². The number of hydrogen-bond acceptors (Lipinski definition) is 5. The fraction of sp³-hybridized carbons (Fsp3) is 0.143. The van der Waals surface area contributed by atoms with Crippen LogP contribution in [0, 0.1) is 0 Å². The van der Waals surface area contributed by atoms with E-state index in [1.54, 1.807) is 13.3 Å². The van der Waals surface area contributed by atoms with Crippen molar-refractivity contribution in [1.29, 1.82) is 0 Å². The monoisotopic (exact) mass is 394 g/mol. The second-order valence-corrected chi connectivity index (χ2v) is 6.50. The van der Waals surface area contributed by atoms with Gasteiger partial charge in [0.2, 0.25) is 0 Å². The van der Waals surface area contributed by atoms with E-state index in [4.69, 9.17) is 26.1 Å². The van der Waals surface area contributed by atoms with Crippen LogP contribution in [0.1, 0.15) is 6.92 Å². The molecule has 0 saturated carbocycles. The van der Waals surface area contributed by atoms with Crippen molar-refractivity contribution >= 4 is 28.8 Å². The number of imidazole rings is 1. The summed E-state index contributed by atoms with van der Waals surface area (Å²) in [5, 5.41) is 4.00. The molecular formula is C21H19ClN4O2. The molecule has 2 heterocycles. The molecule has 2 aromatic heterocycles. The predicted molar refractivity (Wildman–Crippen MR) is 111 cm³/mol. The molecule has 0 amide bonds. The average Bonchev–Trinajstić information content (AvgIpc) is 3.18. The quantitative estimate of drug-likeness (QED) is 0.487. The molecule has 7 heteroatoms. The number of ether oxygens (including phenoxy) is 2. The van der Waals surface area contributed by atoms with Crippen LogP contribution in [0.5, 0.6) is 11.5 Å². The number of methoxy groups -OCH3 is 1. The average molecular weight is 395 g/mol. The topological polar surface area (TPSA) is 60.7 Å². The Morgan fingerprint density at radius 1 is 1.14 bits per heavy atom. The second kappa shape index (κ2) is 7.78. The van der Waals surface area contributed by atoms with Gasteiger partial charge in [0.15, 0.2) is 23.0 Å². The fourth-order valence-electron chi connectivity index (χ4n) is 2.96. The number of aromatic nitrogens is 3. The summed E-state index contributed by atoms with van der Waals surface area (Å²) >= 11 is 6.15. The second-order valence-electron chi connectivity index (χ2n) is 6.07. The molecule has 0 saturated heterocycles. The van der Waals surface area contributed by atoms with Gasteiger partial charge in [-0.2, -0.15) is 0 Å². The standard InChI is InChI=1S/C21H19ClN4O2/c1-3-28-18-8-7-16(12-19(18)27-2)24-20-21-23-9-10-26(21)13-17(25-20)14-5-4-6-15(22)11-14/h4-13H,3H2,1-2H3,(H,24,25). The molecular weight excluding hydrogens is 376 g/mol. The highest BCUT2D eigenvalue weighted by atomic mass is 35.5. The van der Waals surface area contributed by atoms with Crippen LogP contribution in [0.4, 0.5) is 11.5 Å². The van der Waals surface area contributed by atoms with Crippen LogP contribution in [0.25, 0.3) is 16.9 Å². The fourth-order valence-corrected chi connectivity index (χ4v) is 3.15. The van der Waals surface area contributed by atoms with Crippen molar-refractivity contribution in [2.24, 2.45) is 0 Å². The zero-order valence-corrected chi connectivity index (χ0v) is 16.3. The maximum absolute atomic E-state index is 6.15. The number of nitrogens with one attached hydrogen (secondary N) is 1. The minimum atomic E-state index is 0.571. The highest BCUT2D eigenvalue weighted by molar-refractivity contribution is 6.30. The summed E-state index contributed by atoms with van der Waals surface area (Å²) in [5.74, 6) is 1.98. The molecule has 0 aliphatic heterocycles. The normalized spacial score (nSPS) is 10.8. The molecule has 0 bridgehead atoms. The van der Waals surface area contributed by atoms with Gasteiger partial charge in [0.25, 0.3) is 0 Å². The Morgan fingerprint density at radius 2 is 2.04 bits per heavy atom. The van der Waals surface area contributed by atoms with E-state index in [9.17, 15) is 0 Å². The van der Waals surface area contributed by atoms with E-state index in [0.29, 0.717) is 28.9 Å². The van der Waals surface area contributed by atoms with Gasteiger partial charge in [-0.3, -0.25) is 0 Å². The Kier molecular flexibility index (Phi) is 5.04. The molecule has 28 heavy (non-hydrogen) atoms. The van der Waals surface area contributed by atoms with E-state index >= 15 is 0 Å². The van der Waals surface area contributed by atoms with E-state index in [2.05, 4.69) is 10.3 Å². The van der Waals surface area contributed by atoms with E-state index in [1.165, 1.54) is 0 Å². The van der Waals surface area contributed by atoms with Gasteiger partial charge in [0, 0.05) is 40.9 Å². The van der Waals surface area contributed by atoms with Gasteiger partial charge < -0.3 is 19.2 Å². The molecule has 0 atom stereocenters. The summed E-state index contributed by atoms with van der Waals surface area (Å²) < 4.78 is 12.9. The molecule has 0 radical (unpaired) electrons. The number of anilines is 2. The number of benzene rings is 2. The van der Waals surface area contributed by atoms with Crippen molar-refractivity contribution in [3.63, 3.8) is 0 Å². The molecule has 0 spiro atoms. The maximum atomic E-state index is 6.15. The van der Waals surface area contributed by atoms with Crippen LogP contribution in [0.15, 0.2) is 61.1 Å². The third kappa shape index (κ3) is 3.59. The first-order valence-electron chi connectivity index (χ1n) is 8.85.